The number of likely N-dealkylation sites (N-methyl/N-ethyl adjacent to an activating group) is 1. The second-order valence-corrected chi connectivity index (χ2v) is 8.78. The molecule has 0 radical (unpaired) electrons. The highest BCUT2D eigenvalue weighted by Gasteiger charge is 2.18. The molecule has 0 saturated carbocycles. The Balaban J connectivity index is 1.25. The summed E-state index contributed by atoms with van der Waals surface area (Å²) in [6.07, 6.45) is 3.22. The Bertz CT molecular complexity index is 1170. The first-order valence-corrected chi connectivity index (χ1v) is 12.1. The molecule has 3 aromatic carbocycles. The monoisotopic (exact) mass is 472 g/mol. The van der Waals surface area contributed by atoms with E-state index in [2.05, 4.69) is 17.1 Å². The molecule has 182 valence electrons. The average Bonchev–Trinajstić information content (AvgIpc) is 3.34. The van der Waals surface area contributed by atoms with Crippen LogP contribution < -0.4 is 9.64 Å². The number of fused-ring (bicyclic) bond motifs is 1. The molecule has 1 N–H and O–H groups in total. The molecule has 0 spiro atoms. The van der Waals surface area contributed by atoms with Gasteiger partial charge in [0.2, 0.25) is 0 Å². The third-order valence-electron chi connectivity index (χ3n) is 6.18. The zero-order valence-corrected chi connectivity index (χ0v) is 20.1. The van der Waals surface area contributed by atoms with Gasteiger partial charge >= 0.3 is 0 Å². The average molecular weight is 473 g/mol. The number of carbonyl (C=O) groups excluding carboxylic acids is 1. The summed E-state index contributed by atoms with van der Waals surface area (Å²) in [5, 5.41) is 9.42. The first-order chi connectivity index (χ1) is 17.1. The quantitative estimate of drug-likeness (QED) is 0.292. The van der Waals surface area contributed by atoms with E-state index < -0.39 is 6.61 Å². The summed E-state index contributed by atoms with van der Waals surface area (Å²) in [6, 6.07) is 26.4. The number of oxazole rings is 1. The van der Waals surface area contributed by atoms with E-state index in [1.807, 2.05) is 78.7 Å². The molecule has 0 amide bonds. The Hall–Kier alpha value is -3.64. The molecule has 35 heavy (non-hydrogen) atoms. The molecule has 0 aliphatic carbocycles. The van der Waals surface area contributed by atoms with Crippen molar-refractivity contribution >= 4 is 22.9 Å². The molecular weight excluding hydrogens is 440 g/mol. The van der Waals surface area contributed by atoms with E-state index in [0.29, 0.717) is 25.6 Å². The number of hydrogen-bond acceptors (Lipinski definition) is 6. The first kappa shape index (κ1) is 24.5. The molecule has 0 aliphatic rings. The summed E-state index contributed by atoms with van der Waals surface area (Å²) in [5.74, 6) is 0.495. The molecule has 6 nitrogen and oxygen atoms in total. The minimum atomic E-state index is -0.412. The number of ether oxygens (including phenoxy) is 1. The SMILES string of the molecule is CN(CCOc1ccc(CC(CCCc2ccccc2)C(=O)CO)cc1)c1nc2ccccc2o1. The van der Waals surface area contributed by atoms with Crippen LogP contribution in [-0.2, 0) is 17.6 Å². The van der Waals surface area contributed by atoms with Crippen molar-refractivity contribution in [2.24, 2.45) is 5.92 Å². The number of rotatable bonds is 13. The largest absolute Gasteiger partial charge is 0.492 e. The number of hydrogen-bond donors (Lipinski definition) is 1. The van der Waals surface area contributed by atoms with E-state index in [1.54, 1.807) is 0 Å². The van der Waals surface area contributed by atoms with Gasteiger partial charge in [-0.2, -0.15) is 4.98 Å². The van der Waals surface area contributed by atoms with Gasteiger partial charge in [-0.05, 0) is 61.1 Å². The molecule has 6 heteroatoms. The first-order valence-electron chi connectivity index (χ1n) is 12.1. The van der Waals surface area contributed by atoms with Gasteiger partial charge in [0.15, 0.2) is 11.4 Å². The van der Waals surface area contributed by atoms with Crippen molar-refractivity contribution in [2.45, 2.75) is 25.7 Å². The van der Waals surface area contributed by atoms with Gasteiger partial charge in [-0.25, -0.2) is 0 Å². The Kier molecular flexibility index (Phi) is 8.52. The Morgan fingerprint density at radius 2 is 1.74 bits per heavy atom. The van der Waals surface area contributed by atoms with E-state index in [1.165, 1.54) is 5.56 Å². The minimum Gasteiger partial charge on any atom is -0.492 e. The lowest BCUT2D eigenvalue weighted by molar-refractivity contribution is -0.125. The highest BCUT2D eigenvalue weighted by molar-refractivity contribution is 5.82. The van der Waals surface area contributed by atoms with Crippen LogP contribution in [0.5, 0.6) is 5.75 Å². The molecule has 0 saturated heterocycles. The molecule has 1 heterocycles. The van der Waals surface area contributed by atoms with Gasteiger partial charge in [0.05, 0.1) is 6.54 Å². The number of aliphatic hydroxyl groups is 1. The molecule has 0 aliphatic heterocycles. The third kappa shape index (κ3) is 6.93. The fourth-order valence-corrected chi connectivity index (χ4v) is 4.13. The van der Waals surface area contributed by atoms with E-state index >= 15 is 0 Å². The van der Waals surface area contributed by atoms with Gasteiger partial charge in [0.25, 0.3) is 6.01 Å². The second-order valence-electron chi connectivity index (χ2n) is 8.78. The van der Waals surface area contributed by atoms with Gasteiger partial charge in [-0.1, -0.05) is 54.6 Å². The minimum absolute atomic E-state index is 0.0966. The standard InChI is InChI=1S/C29H32N2O4/c1-31(29-30-26-12-5-6-13-28(26)35-29)18-19-34-25-16-14-23(15-17-25)20-24(27(33)21-32)11-7-10-22-8-3-2-4-9-22/h2-6,8-9,12-17,24,32H,7,10-11,18-21H2,1H3. The molecule has 0 fully saturated rings. The highest BCUT2D eigenvalue weighted by atomic mass is 16.5. The van der Waals surface area contributed by atoms with E-state index in [4.69, 9.17) is 9.15 Å². The van der Waals surface area contributed by atoms with Crippen LogP contribution in [-0.4, -0.2) is 42.7 Å². The van der Waals surface area contributed by atoms with Crippen LogP contribution in [0.25, 0.3) is 11.1 Å². The number of aromatic nitrogens is 1. The summed E-state index contributed by atoms with van der Waals surface area (Å²) in [7, 11) is 1.92. The summed E-state index contributed by atoms with van der Waals surface area (Å²) >= 11 is 0. The van der Waals surface area contributed by atoms with Crippen LogP contribution in [0.4, 0.5) is 6.01 Å². The van der Waals surface area contributed by atoms with Gasteiger partial charge in [0.1, 0.15) is 24.5 Å². The number of Topliss-reactive ketones (excluding diaryl/α,β-unsaturated/α-hetero) is 1. The lowest BCUT2D eigenvalue weighted by Gasteiger charge is -2.16. The normalized spacial score (nSPS) is 11.9. The number of ketones is 1. The number of aryl methyl sites for hydroxylation is 1. The fraction of sp³-hybridized carbons (Fsp3) is 0.310. The molecular formula is C29H32N2O4. The van der Waals surface area contributed by atoms with Crippen molar-refractivity contribution in [1.82, 2.24) is 4.98 Å². The zero-order chi connectivity index (χ0) is 24.5. The molecule has 4 aromatic rings. The van der Waals surface area contributed by atoms with Crippen molar-refractivity contribution in [3.8, 4) is 5.75 Å². The fourth-order valence-electron chi connectivity index (χ4n) is 4.13. The predicted molar refractivity (Wildman–Crippen MR) is 138 cm³/mol. The van der Waals surface area contributed by atoms with Crippen molar-refractivity contribution < 1.29 is 19.1 Å². The summed E-state index contributed by atoms with van der Waals surface area (Å²) in [4.78, 5) is 18.7. The van der Waals surface area contributed by atoms with E-state index in [9.17, 15) is 9.90 Å². The van der Waals surface area contributed by atoms with Crippen LogP contribution in [0, 0.1) is 5.92 Å². The number of anilines is 1. The zero-order valence-electron chi connectivity index (χ0n) is 20.1. The van der Waals surface area contributed by atoms with Gasteiger partial charge in [-0.15, -0.1) is 0 Å². The number of carbonyl (C=O) groups is 1. The molecule has 1 aromatic heterocycles. The highest BCUT2D eigenvalue weighted by Crippen LogP contribution is 2.22. The molecule has 0 bridgehead atoms. The van der Waals surface area contributed by atoms with Gasteiger partial charge in [-0.3, -0.25) is 4.79 Å². The van der Waals surface area contributed by atoms with Crippen molar-refractivity contribution in [3.05, 3.63) is 90.0 Å². The van der Waals surface area contributed by atoms with Crippen LogP contribution in [0.15, 0.2) is 83.3 Å². The Labute approximate surface area is 206 Å². The van der Waals surface area contributed by atoms with Gasteiger partial charge in [0, 0.05) is 13.0 Å². The lowest BCUT2D eigenvalue weighted by Crippen LogP contribution is -2.24. The van der Waals surface area contributed by atoms with Crippen molar-refractivity contribution in [2.75, 3.05) is 31.7 Å². The maximum atomic E-state index is 12.3. The smallest absolute Gasteiger partial charge is 0.298 e. The summed E-state index contributed by atoms with van der Waals surface area (Å²) in [5.41, 5.74) is 3.94. The maximum absolute atomic E-state index is 12.3. The Morgan fingerprint density at radius 3 is 2.49 bits per heavy atom. The number of benzene rings is 3. The van der Waals surface area contributed by atoms with E-state index in [0.717, 1.165) is 41.7 Å². The summed E-state index contributed by atoms with van der Waals surface area (Å²) in [6.45, 7) is 0.702. The van der Waals surface area contributed by atoms with Crippen LogP contribution >= 0.6 is 0 Å². The topological polar surface area (TPSA) is 75.8 Å². The molecule has 1 unspecified atom stereocenters. The Morgan fingerprint density at radius 1 is 1.00 bits per heavy atom. The van der Waals surface area contributed by atoms with Crippen molar-refractivity contribution in [3.63, 3.8) is 0 Å². The van der Waals surface area contributed by atoms with Crippen LogP contribution in [0.3, 0.4) is 0 Å². The number of para-hydroxylation sites is 2. The van der Waals surface area contributed by atoms with Crippen LogP contribution in [0.1, 0.15) is 24.0 Å². The lowest BCUT2D eigenvalue weighted by atomic mass is 9.90. The number of nitrogens with zero attached hydrogens (tertiary/aromatic N) is 2. The predicted octanol–water partition coefficient (Wildman–Crippen LogP) is 5.09. The maximum Gasteiger partial charge on any atom is 0.298 e. The molecule has 1 atom stereocenters. The third-order valence-corrected chi connectivity index (χ3v) is 6.18. The second kappa shape index (κ2) is 12.2. The molecule has 4 rings (SSSR count). The van der Waals surface area contributed by atoms with E-state index in [-0.39, 0.29) is 11.7 Å². The summed E-state index contributed by atoms with van der Waals surface area (Å²) < 4.78 is 11.7. The van der Waals surface area contributed by atoms with Crippen LogP contribution in [0.2, 0.25) is 0 Å². The van der Waals surface area contributed by atoms with Crippen molar-refractivity contribution in [1.29, 1.82) is 0 Å². The van der Waals surface area contributed by atoms with Gasteiger partial charge < -0.3 is 19.2 Å². The number of aliphatic hydroxyl groups excluding tert-OH is 1.